The van der Waals surface area contributed by atoms with Crippen molar-refractivity contribution in [1.82, 2.24) is 14.5 Å². The molecule has 1 atom stereocenters. The molecule has 0 saturated carbocycles. The second-order valence-electron chi connectivity index (χ2n) is 7.55. The molecule has 3 aromatic rings. The summed E-state index contributed by atoms with van der Waals surface area (Å²) in [5.41, 5.74) is 4.33. The monoisotopic (exact) mass is 379 g/mol. The number of hydrogen-bond acceptors (Lipinski definition) is 3. The summed E-state index contributed by atoms with van der Waals surface area (Å²) in [4.78, 5) is 6.94. The van der Waals surface area contributed by atoms with Crippen LogP contribution in [0.5, 0.6) is 0 Å². The molecule has 1 unspecified atom stereocenters. The van der Waals surface area contributed by atoms with Gasteiger partial charge in [0.2, 0.25) is 0 Å². The van der Waals surface area contributed by atoms with Crippen molar-refractivity contribution in [3.05, 3.63) is 70.6 Å². The minimum absolute atomic E-state index is 0.348. The summed E-state index contributed by atoms with van der Waals surface area (Å²) in [5, 5.41) is 12.6. The minimum Gasteiger partial charge on any atom is -0.387 e. The summed E-state index contributed by atoms with van der Waals surface area (Å²) in [7, 11) is 0. The average Bonchev–Trinajstić information content (AvgIpc) is 3.04. The number of piperidine rings is 3. The Morgan fingerprint density at radius 1 is 1.15 bits per heavy atom. The van der Waals surface area contributed by atoms with Crippen molar-refractivity contribution < 1.29 is 5.11 Å². The molecule has 5 heteroatoms. The molecule has 5 heterocycles. The fourth-order valence-corrected chi connectivity index (χ4v) is 4.54. The van der Waals surface area contributed by atoms with Gasteiger partial charge in [0.05, 0.1) is 6.10 Å². The van der Waals surface area contributed by atoms with Gasteiger partial charge in [-0.15, -0.1) is 0 Å². The van der Waals surface area contributed by atoms with E-state index in [4.69, 9.17) is 11.6 Å². The van der Waals surface area contributed by atoms with E-state index in [9.17, 15) is 5.11 Å². The van der Waals surface area contributed by atoms with Crippen molar-refractivity contribution in [1.29, 1.82) is 0 Å². The Labute approximate surface area is 163 Å². The zero-order valence-corrected chi connectivity index (χ0v) is 15.8. The lowest BCUT2D eigenvalue weighted by Gasteiger charge is -2.45. The lowest BCUT2D eigenvalue weighted by Crippen LogP contribution is -2.48. The van der Waals surface area contributed by atoms with E-state index in [-0.39, 0.29) is 6.10 Å². The summed E-state index contributed by atoms with van der Waals surface area (Å²) in [5.74, 6) is 0.404. The van der Waals surface area contributed by atoms with Gasteiger partial charge in [0, 0.05) is 53.7 Å². The van der Waals surface area contributed by atoms with Crippen LogP contribution in [0.15, 0.2) is 54.5 Å². The molecule has 27 heavy (non-hydrogen) atoms. The zero-order chi connectivity index (χ0) is 18.4. The molecule has 0 aliphatic carbocycles. The standard InChI is InChI=1S/C22H22ClN3O/c23-18-5-3-15(4-6-18)13-26-14-17(19-2-1-9-24-22(19)26)12-20-21(27)16-7-10-25(20)11-8-16/h1-6,9,12,14,16,21,27H,7-8,10-11,13H2/b20-12-. The van der Waals surface area contributed by atoms with Gasteiger partial charge in [0.15, 0.2) is 0 Å². The second-order valence-corrected chi connectivity index (χ2v) is 7.99. The molecule has 2 bridgehead atoms. The van der Waals surface area contributed by atoms with Gasteiger partial charge in [-0.3, -0.25) is 0 Å². The zero-order valence-electron chi connectivity index (χ0n) is 15.1. The van der Waals surface area contributed by atoms with Gasteiger partial charge in [-0.05, 0) is 54.7 Å². The lowest BCUT2D eigenvalue weighted by atomic mass is 9.83. The highest BCUT2D eigenvalue weighted by Gasteiger charge is 2.36. The highest BCUT2D eigenvalue weighted by atomic mass is 35.5. The molecule has 4 nitrogen and oxygen atoms in total. The van der Waals surface area contributed by atoms with Crippen LogP contribution in [-0.4, -0.2) is 38.8 Å². The van der Waals surface area contributed by atoms with E-state index in [1.807, 2.05) is 36.5 Å². The first-order valence-corrected chi connectivity index (χ1v) is 9.90. The van der Waals surface area contributed by atoms with E-state index in [0.717, 1.165) is 59.8 Å². The number of aliphatic hydroxyl groups excluding tert-OH is 1. The second kappa shape index (κ2) is 6.70. The van der Waals surface area contributed by atoms with Gasteiger partial charge in [0.25, 0.3) is 0 Å². The Bertz CT molecular complexity index is 996. The van der Waals surface area contributed by atoms with E-state index in [1.165, 1.54) is 5.56 Å². The molecule has 3 aliphatic rings. The number of nitrogens with zero attached hydrogens (tertiary/aromatic N) is 3. The molecule has 3 aliphatic heterocycles. The highest BCUT2D eigenvalue weighted by molar-refractivity contribution is 6.30. The van der Waals surface area contributed by atoms with Crippen LogP contribution in [0, 0.1) is 5.92 Å². The normalized spacial score (nSPS) is 23.5. The van der Waals surface area contributed by atoms with Gasteiger partial charge in [-0.1, -0.05) is 23.7 Å². The Balaban J connectivity index is 1.55. The van der Waals surface area contributed by atoms with Crippen molar-refractivity contribution >= 4 is 28.7 Å². The largest absolute Gasteiger partial charge is 0.387 e. The van der Waals surface area contributed by atoms with Crippen LogP contribution in [0.4, 0.5) is 0 Å². The topological polar surface area (TPSA) is 41.3 Å². The number of pyridine rings is 1. The molecule has 0 radical (unpaired) electrons. The smallest absolute Gasteiger partial charge is 0.140 e. The van der Waals surface area contributed by atoms with Gasteiger partial charge in [-0.2, -0.15) is 0 Å². The molecule has 0 spiro atoms. The number of hydrogen-bond donors (Lipinski definition) is 1. The number of aliphatic hydroxyl groups is 1. The Morgan fingerprint density at radius 3 is 2.67 bits per heavy atom. The fourth-order valence-electron chi connectivity index (χ4n) is 4.41. The third-order valence-corrected chi connectivity index (χ3v) is 6.14. The Hall–Kier alpha value is -2.30. The molecular formula is C22H22ClN3O. The number of benzene rings is 1. The van der Waals surface area contributed by atoms with Crippen molar-refractivity contribution in [3.63, 3.8) is 0 Å². The van der Waals surface area contributed by atoms with Gasteiger partial charge in [-0.25, -0.2) is 4.98 Å². The molecule has 1 aromatic carbocycles. The summed E-state index contributed by atoms with van der Waals surface area (Å²) in [6.45, 7) is 2.84. The van der Waals surface area contributed by atoms with Gasteiger partial charge < -0.3 is 14.6 Å². The number of fused-ring (bicyclic) bond motifs is 4. The molecule has 138 valence electrons. The van der Waals surface area contributed by atoms with E-state index in [2.05, 4.69) is 32.8 Å². The quantitative estimate of drug-likeness (QED) is 0.742. The van der Waals surface area contributed by atoms with Crippen molar-refractivity contribution in [2.45, 2.75) is 25.5 Å². The maximum Gasteiger partial charge on any atom is 0.140 e. The van der Waals surface area contributed by atoms with Crippen LogP contribution in [0.2, 0.25) is 5.02 Å². The van der Waals surface area contributed by atoms with Crippen LogP contribution in [0.1, 0.15) is 24.0 Å². The van der Waals surface area contributed by atoms with E-state index < -0.39 is 0 Å². The third kappa shape index (κ3) is 3.03. The molecule has 3 fully saturated rings. The van der Waals surface area contributed by atoms with E-state index in [1.54, 1.807) is 0 Å². The first-order chi connectivity index (χ1) is 13.2. The van der Waals surface area contributed by atoms with Gasteiger partial charge in [0.1, 0.15) is 5.65 Å². The average molecular weight is 380 g/mol. The summed E-state index contributed by atoms with van der Waals surface area (Å²) in [6.07, 6.45) is 7.99. The Morgan fingerprint density at radius 2 is 1.93 bits per heavy atom. The highest BCUT2D eigenvalue weighted by Crippen LogP contribution is 2.36. The van der Waals surface area contributed by atoms with Gasteiger partial charge >= 0.3 is 0 Å². The van der Waals surface area contributed by atoms with Crippen molar-refractivity contribution in [2.75, 3.05) is 13.1 Å². The summed E-state index contributed by atoms with van der Waals surface area (Å²) >= 11 is 6.01. The van der Waals surface area contributed by atoms with Crippen LogP contribution < -0.4 is 0 Å². The maximum absolute atomic E-state index is 10.7. The Kier molecular flexibility index (Phi) is 4.18. The van der Waals surface area contributed by atoms with Crippen molar-refractivity contribution in [3.8, 4) is 0 Å². The molecule has 1 N–H and O–H groups in total. The first kappa shape index (κ1) is 16.8. The van der Waals surface area contributed by atoms with E-state index >= 15 is 0 Å². The van der Waals surface area contributed by atoms with Crippen LogP contribution in [0.3, 0.4) is 0 Å². The number of halogens is 1. The summed E-state index contributed by atoms with van der Waals surface area (Å²) in [6, 6.07) is 12.0. The molecule has 0 amide bonds. The van der Waals surface area contributed by atoms with Crippen LogP contribution >= 0.6 is 11.6 Å². The minimum atomic E-state index is -0.348. The number of aromatic nitrogens is 2. The fraction of sp³-hybridized carbons (Fsp3) is 0.318. The van der Waals surface area contributed by atoms with Crippen LogP contribution in [-0.2, 0) is 6.54 Å². The first-order valence-electron chi connectivity index (χ1n) is 9.52. The molecular weight excluding hydrogens is 358 g/mol. The summed E-state index contributed by atoms with van der Waals surface area (Å²) < 4.78 is 2.17. The SMILES string of the molecule is OC1/C(=C/c2cn(Cc3ccc(Cl)cc3)c3ncccc23)N2CCC1CC2. The predicted octanol–water partition coefficient (Wildman–Crippen LogP) is 4.17. The lowest BCUT2D eigenvalue weighted by molar-refractivity contribution is 0.0215. The van der Waals surface area contributed by atoms with Crippen LogP contribution in [0.25, 0.3) is 17.1 Å². The van der Waals surface area contributed by atoms with E-state index in [0.29, 0.717) is 5.92 Å². The molecule has 2 aromatic heterocycles. The maximum atomic E-state index is 10.7. The molecule has 3 saturated heterocycles. The third-order valence-electron chi connectivity index (χ3n) is 5.89. The number of rotatable bonds is 3. The molecule has 6 rings (SSSR count). The predicted molar refractivity (Wildman–Crippen MR) is 109 cm³/mol. The van der Waals surface area contributed by atoms with Crippen molar-refractivity contribution in [2.24, 2.45) is 5.92 Å².